The van der Waals surface area contributed by atoms with E-state index in [1.165, 1.54) is 0 Å². The van der Waals surface area contributed by atoms with E-state index in [1.807, 2.05) is 24.0 Å². The lowest BCUT2D eigenvalue weighted by atomic mass is 9.96. The lowest BCUT2D eigenvalue weighted by Crippen LogP contribution is -2.40. The first kappa shape index (κ1) is 18.9. The van der Waals surface area contributed by atoms with Crippen LogP contribution in [0.1, 0.15) is 38.7 Å². The number of anilines is 1. The van der Waals surface area contributed by atoms with Gasteiger partial charge in [-0.3, -0.25) is 4.79 Å². The highest BCUT2D eigenvalue weighted by Crippen LogP contribution is 2.31. The van der Waals surface area contributed by atoms with Gasteiger partial charge < -0.3 is 15.0 Å². The summed E-state index contributed by atoms with van der Waals surface area (Å²) in [7, 11) is 1.66. The summed E-state index contributed by atoms with van der Waals surface area (Å²) in [5.74, 6) is 2.08. The second kappa shape index (κ2) is 8.61. The van der Waals surface area contributed by atoms with Crippen LogP contribution in [0.3, 0.4) is 0 Å². The van der Waals surface area contributed by atoms with Crippen molar-refractivity contribution in [2.45, 2.75) is 40.0 Å². The SMILES string of the molecule is COc1cc(Cl)c(C)cc1NCC1CCN(C(=O)CC(C)C)CC1. The van der Waals surface area contributed by atoms with Crippen molar-refractivity contribution in [3.8, 4) is 5.75 Å². The molecule has 0 saturated carbocycles. The number of nitrogens with zero attached hydrogens (tertiary/aromatic N) is 1. The van der Waals surface area contributed by atoms with Crippen LogP contribution in [0.5, 0.6) is 5.75 Å². The average molecular weight is 353 g/mol. The van der Waals surface area contributed by atoms with Crippen molar-refractivity contribution in [1.29, 1.82) is 0 Å². The number of hydrogen-bond donors (Lipinski definition) is 1. The molecule has 1 aliphatic heterocycles. The third kappa shape index (κ3) is 5.04. The molecule has 1 aromatic rings. The van der Waals surface area contributed by atoms with Gasteiger partial charge in [-0.15, -0.1) is 0 Å². The van der Waals surface area contributed by atoms with Gasteiger partial charge in [0, 0.05) is 37.1 Å². The van der Waals surface area contributed by atoms with Gasteiger partial charge in [-0.25, -0.2) is 0 Å². The Hall–Kier alpha value is -1.42. The number of aryl methyl sites for hydroxylation is 1. The van der Waals surface area contributed by atoms with E-state index in [4.69, 9.17) is 16.3 Å². The Bertz CT molecular complexity index is 567. The van der Waals surface area contributed by atoms with E-state index in [-0.39, 0.29) is 0 Å². The molecule has 24 heavy (non-hydrogen) atoms. The normalized spacial score (nSPS) is 15.7. The lowest BCUT2D eigenvalue weighted by Gasteiger charge is -2.32. The summed E-state index contributed by atoms with van der Waals surface area (Å²) in [5.41, 5.74) is 2.02. The van der Waals surface area contributed by atoms with Crippen LogP contribution in [0, 0.1) is 18.8 Å². The Morgan fingerprint density at radius 1 is 1.38 bits per heavy atom. The maximum Gasteiger partial charge on any atom is 0.222 e. The summed E-state index contributed by atoms with van der Waals surface area (Å²) in [5, 5.41) is 4.21. The summed E-state index contributed by atoms with van der Waals surface area (Å²) in [4.78, 5) is 14.1. The summed E-state index contributed by atoms with van der Waals surface area (Å²) >= 11 is 6.15. The van der Waals surface area contributed by atoms with Gasteiger partial charge in [-0.05, 0) is 43.2 Å². The van der Waals surface area contributed by atoms with Gasteiger partial charge in [0.2, 0.25) is 5.91 Å². The van der Waals surface area contributed by atoms with Crippen molar-refractivity contribution < 1.29 is 9.53 Å². The van der Waals surface area contributed by atoms with Crippen molar-refractivity contribution >= 4 is 23.2 Å². The molecule has 1 heterocycles. The summed E-state index contributed by atoms with van der Waals surface area (Å²) in [6, 6.07) is 3.88. The Morgan fingerprint density at radius 2 is 2.04 bits per heavy atom. The average Bonchev–Trinajstić information content (AvgIpc) is 2.55. The molecule has 0 spiro atoms. The number of ether oxygens (including phenoxy) is 1. The molecule has 0 aromatic heterocycles. The number of methoxy groups -OCH3 is 1. The van der Waals surface area contributed by atoms with E-state index in [2.05, 4.69) is 19.2 Å². The van der Waals surface area contributed by atoms with E-state index in [0.717, 1.165) is 54.5 Å². The minimum absolute atomic E-state index is 0.298. The Kier molecular flexibility index (Phi) is 6.79. The van der Waals surface area contributed by atoms with Crippen LogP contribution >= 0.6 is 11.6 Å². The lowest BCUT2D eigenvalue weighted by molar-refractivity contribution is -0.133. The van der Waals surface area contributed by atoms with Crippen molar-refractivity contribution in [1.82, 2.24) is 4.90 Å². The first-order valence-electron chi connectivity index (χ1n) is 8.76. The molecule has 1 saturated heterocycles. The van der Waals surface area contributed by atoms with Crippen LogP contribution in [-0.2, 0) is 4.79 Å². The van der Waals surface area contributed by atoms with Crippen LogP contribution in [0.25, 0.3) is 0 Å². The number of piperidine rings is 1. The highest BCUT2D eigenvalue weighted by molar-refractivity contribution is 6.31. The molecule has 1 amide bonds. The fourth-order valence-electron chi connectivity index (χ4n) is 3.09. The number of amides is 1. The van der Waals surface area contributed by atoms with Crippen LogP contribution < -0.4 is 10.1 Å². The van der Waals surface area contributed by atoms with Crippen molar-refractivity contribution in [2.24, 2.45) is 11.8 Å². The van der Waals surface area contributed by atoms with Gasteiger partial charge in [0.05, 0.1) is 12.8 Å². The minimum atomic E-state index is 0.298. The van der Waals surface area contributed by atoms with Crippen LogP contribution in [0.15, 0.2) is 12.1 Å². The monoisotopic (exact) mass is 352 g/mol. The Morgan fingerprint density at radius 3 is 2.62 bits per heavy atom. The first-order valence-corrected chi connectivity index (χ1v) is 9.14. The highest BCUT2D eigenvalue weighted by atomic mass is 35.5. The van der Waals surface area contributed by atoms with Gasteiger partial charge in [0.25, 0.3) is 0 Å². The molecule has 4 nitrogen and oxygen atoms in total. The van der Waals surface area contributed by atoms with Gasteiger partial charge in [0.1, 0.15) is 5.75 Å². The zero-order valence-corrected chi connectivity index (χ0v) is 15.9. The van der Waals surface area contributed by atoms with E-state index >= 15 is 0 Å². The number of carbonyl (C=O) groups is 1. The molecule has 0 aliphatic carbocycles. The number of carbonyl (C=O) groups excluding carboxylic acids is 1. The predicted octanol–water partition coefficient (Wildman–Crippen LogP) is 4.35. The zero-order chi connectivity index (χ0) is 17.7. The summed E-state index contributed by atoms with van der Waals surface area (Å²) in [6.45, 7) is 8.81. The van der Waals surface area contributed by atoms with Crippen LogP contribution in [0.2, 0.25) is 5.02 Å². The highest BCUT2D eigenvalue weighted by Gasteiger charge is 2.23. The predicted molar refractivity (Wildman–Crippen MR) is 100.0 cm³/mol. The standard InChI is InChI=1S/C19H29ClN2O2/c1-13(2)9-19(23)22-7-5-15(6-8-22)12-21-17-10-14(3)16(20)11-18(17)24-4/h10-11,13,15,21H,5-9,12H2,1-4H3. The Labute approximate surface area is 150 Å². The topological polar surface area (TPSA) is 41.6 Å². The number of likely N-dealkylation sites (tertiary alicyclic amines) is 1. The largest absolute Gasteiger partial charge is 0.495 e. The number of halogens is 1. The third-order valence-corrected chi connectivity index (χ3v) is 5.02. The molecule has 0 radical (unpaired) electrons. The maximum atomic E-state index is 12.1. The van der Waals surface area contributed by atoms with Crippen molar-refractivity contribution in [3.05, 3.63) is 22.7 Å². The van der Waals surface area contributed by atoms with E-state index < -0.39 is 0 Å². The Balaban J connectivity index is 1.85. The molecular weight excluding hydrogens is 324 g/mol. The zero-order valence-electron chi connectivity index (χ0n) is 15.2. The second-order valence-electron chi connectivity index (χ2n) is 7.10. The third-order valence-electron chi connectivity index (χ3n) is 4.61. The fourth-order valence-corrected chi connectivity index (χ4v) is 3.24. The van der Waals surface area contributed by atoms with Crippen molar-refractivity contribution in [3.63, 3.8) is 0 Å². The molecule has 1 fully saturated rings. The quantitative estimate of drug-likeness (QED) is 0.827. The van der Waals surface area contributed by atoms with E-state index in [1.54, 1.807) is 7.11 Å². The van der Waals surface area contributed by atoms with Crippen molar-refractivity contribution in [2.75, 3.05) is 32.1 Å². The van der Waals surface area contributed by atoms with Crippen LogP contribution in [-0.4, -0.2) is 37.6 Å². The first-order chi connectivity index (χ1) is 11.4. The molecule has 0 unspecified atom stereocenters. The summed E-state index contributed by atoms with van der Waals surface area (Å²) in [6.07, 6.45) is 2.75. The van der Waals surface area contributed by atoms with Gasteiger partial charge in [-0.2, -0.15) is 0 Å². The van der Waals surface area contributed by atoms with Crippen LogP contribution in [0.4, 0.5) is 5.69 Å². The summed E-state index contributed by atoms with van der Waals surface area (Å²) < 4.78 is 5.41. The minimum Gasteiger partial charge on any atom is -0.495 e. The molecule has 1 aliphatic rings. The molecule has 1 N–H and O–H groups in total. The van der Waals surface area contributed by atoms with E-state index in [9.17, 15) is 4.79 Å². The molecule has 1 aromatic carbocycles. The van der Waals surface area contributed by atoms with E-state index in [0.29, 0.717) is 24.2 Å². The molecule has 2 rings (SSSR count). The molecule has 134 valence electrons. The van der Waals surface area contributed by atoms with Gasteiger partial charge >= 0.3 is 0 Å². The molecular formula is C19H29ClN2O2. The second-order valence-corrected chi connectivity index (χ2v) is 7.51. The van der Waals surface area contributed by atoms with Gasteiger partial charge in [-0.1, -0.05) is 25.4 Å². The maximum absolute atomic E-state index is 12.1. The number of nitrogens with one attached hydrogen (secondary N) is 1. The molecule has 5 heteroatoms. The molecule has 0 bridgehead atoms. The smallest absolute Gasteiger partial charge is 0.222 e. The molecule has 0 atom stereocenters. The fraction of sp³-hybridized carbons (Fsp3) is 0.632. The number of rotatable bonds is 6. The number of benzene rings is 1. The van der Waals surface area contributed by atoms with Gasteiger partial charge in [0.15, 0.2) is 0 Å². The number of hydrogen-bond acceptors (Lipinski definition) is 3.